The number of fused-ring (bicyclic) bond motifs is 5. The topological polar surface area (TPSA) is 67.6 Å². The number of aromatic nitrogens is 4. The maximum atomic E-state index is 5.41. The Balaban J connectivity index is 1.36. The van der Waals surface area contributed by atoms with Crippen LogP contribution in [0.5, 0.6) is 0 Å². The molecule has 138 valence electrons. The van der Waals surface area contributed by atoms with Gasteiger partial charge in [0.2, 0.25) is 5.95 Å². The average molecular weight is 372 g/mol. The molecule has 7 nitrogen and oxygen atoms in total. The van der Waals surface area contributed by atoms with Gasteiger partial charge in [0, 0.05) is 24.5 Å². The van der Waals surface area contributed by atoms with Crippen molar-refractivity contribution in [2.75, 3.05) is 44.7 Å². The lowest BCUT2D eigenvalue weighted by Gasteiger charge is -2.26. The van der Waals surface area contributed by atoms with E-state index >= 15 is 0 Å². The van der Waals surface area contributed by atoms with Crippen molar-refractivity contribution < 1.29 is 4.74 Å². The largest absolute Gasteiger partial charge is 0.379 e. The summed E-state index contributed by atoms with van der Waals surface area (Å²) in [5, 5.41) is 9.13. The van der Waals surface area contributed by atoms with Crippen molar-refractivity contribution in [2.45, 2.75) is 32.1 Å². The number of nitrogens with zero attached hydrogens (tertiary/aromatic N) is 5. The number of ether oxygens (including phenoxy) is 1. The van der Waals surface area contributed by atoms with Crippen molar-refractivity contribution >= 4 is 33.1 Å². The lowest BCUT2D eigenvalue weighted by Crippen LogP contribution is -2.37. The molecule has 0 radical (unpaired) electrons. The van der Waals surface area contributed by atoms with E-state index in [-0.39, 0.29) is 0 Å². The van der Waals surface area contributed by atoms with Crippen LogP contribution >= 0.6 is 11.3 Å². The van der Waals surface area contributed by atoms with Gasteiger partial charge >= 0.3 is 0 Å². The lowest BCUT2D eigenvalue weighted by atomic mass is 9.97. The molecule has 3 aromatic rings. The van der Waals surface area contributed by atoms with Gasteiger partial charge in [-0.25, -0.2) is 9.97 Å². The van der Waals surface area contributed by atoms with Gasteiger partial charge in [-0.1, -0.05) is 0 Å². The van der Waals surface area contributed by atoms with Crippen LogP contribution in [-0.4, -0.2) is 63.9 Å². The molecular weight excluding hydrogens is 348 g/mol. The summed E-state index contributed by atoms with van der Waals surface area (Å²) in [6.45, 7) is 5.77. The zero-order chi connectivity index (χ0) is 17.3. The Labute approximate surface area is 156 Å². The summed E-state index contributed by atoms with van der Waals surface area (Å²) in [4.78, 5) is 14.5. The van der Waals surface area contributed by atoms with E-state index in [1.54, 1.807) is 6.33 Å². The fourth-order valence-corrected chi connectivity index (χ4v) is 5.27. The monoisotopic (exact) mass is 372 g/mol. The summed E-state index contributed by atoms with van der Waals surface area (Å²) in [7, 11) is 0. The van der Waals surface area contributed by atoms with E-state index in [0.717, 1.165) is 68.7 Å². The van der Waals surface area contributed by atoms with Gasteiger partial charge in [-0.2, -0.15) is 9.61 Å². The molecule has 2 aliphatic rings. The molecule has 4 heterocycles. The Morgan fingerprint density at radius 3 is 3.00 bits per heavy atom. The zero-order valence-corrected chi connectivity index (χ0v) is 15.7. The van der Waals surface area contributed by atoms with Crippen LogP contribution in [-0.2, 0) is 17.6 Å². The minimum Gasteiger partial charge on any atom is -0.379 e. The van der Waals surface area contributed by atoms with Gasteiger partial charge < -0.3 is 10.1 Å². The number of anilines is 1. The van der Waals surface area contributed by atoms with E-state index in [9.17, 15) is 0 Å². The molecule has 0 aromatic carbocycles. The highest BCUT2D eigenvalue weighted by molar-refractivity contribution is 7.19. The van der Waals surface area contributed by atoms with Gasteiger partial charge in [-0.05, 0) is 44.2 Å². The first-order valence-electron chi connectivity index (χ1n) is 9.58. The number of hydrogen-bond acceptors (Lipinski definition) is 7. The lowest BCUT2D eigenvalue weighted by molar-refractivity contribution is 0.0378. The molecule has 0 unspecified atom stereocenters. The predicted octanol–water partition coefficient (Wildman–Crippen LogP) is 2.35. The van der Waals surface area contributed by atoms with Crippen molar-refractivity contribution in [3.05, 3.63) is 16.8 Å². The summed E-state index contributed by atoms with van der Waals surface area (Å²) in [5.74, 6) is 0.811. The highest BCUT2D eigenvalue weighted by Crippen LogP contribution is 2.37. The Morgan fingerprint density at radius 2 is 2.08 bits per heavy atom. The van der Waals surface area contributed by atoms with Crippen molar-refractivity contribution in [1.29, 1.82) is 0 Å². The molecule has 8 heteroatoms. The van der Waals surface area contributed by atoms with Gasteiger partial charge in [-0.15, -0.1) is 11.3 Å². The van der Waals surface area contributed by atoms with E-state index < -0.39 is 0 Å². The van der Waals surface area contributed by atoms with E-state index in [0.29, 0.717) is 0 Å². The third-order valence-electron chi connectivity index (χ3n) is 5.37. The number of morpholine rings is 1. The van der Waals surface area contributed by atoms with Crippen LogP contribution in [0.15, 0.2) is 6.33 Å². The summed E-state index contributed by atoms with van der Waals surface area (Å²) in [6, 6.07) is 0. The molecule has 1 saturated heterocycles. The second-order valence-corrected chi connectivity index (χ2v) is 8.14. The van der Waals surface area contributed by atoms with Crippen LogP contribution in [0.2, 0.25) is 0 Å². The first-order valence-corrected chi connectivity index (χ1v) is 10.4. The second-order valence-electron chi connectivity index (χ2n) is 7.06. The first kappa shape index (κ1) is 16.4. The summed E-state index contributed by atoms with van der Waals surface area (Å²) in [5.41, 5.74) is 2.41. The Kier molecular flexibility index (Phi) is 4.48. The minimum atomic E-state index is 0.811. The standard InChI is InChI=1S/C18H24N6OS/c1-2-5-14-13(4-1)15-16-20-12-21-24(16)18(22-17(15)26-14)19-6-3-7-23-8-10-25-11-9-23/h12H,1-11H2,(H,19,22). The van der Waals surface area contributed by atoms with Gasteiger partial charge in [-0.3, -0.25) is 4.90 Å². The highest BCUT2D eigenvalue weighted by atomic mass is 32.1. The van der Waals surface area contributed by atoms with Crippen LogP contribution in [0.25, 0.3) is 15.9 Å². The van der Waals surface area contributed by atoms with Crippen LogP contribution in [0, 0.1) is 0 Å². The van der Waals surface area contributed by atoms with Crippen LogP contribution in [0.4, 0.5) is 5.95 Å². The number of aryl methyl sites for hydroxylation is 2. The molecule has 0 spiro atoms. The summed E-state index contributed by atoms with van der Waals surface area (Å²) < 4.78 is 7.28. The molecule has 26 heavy (non-hydrogen) atoms. The van der Waals surface area contributed by atoms with Crippen LogP contribution < -0.4 is 5.32 Å². The van der Waals surface area contributed by atoms with Gasteiger partial charge in [0.1, 0.15) is 11.2 Å². The third kappa shape index (κ3) is 2.95. The first-order chi connectivity index (χ1) is 12.9. The van der Waals surface area contributed by atoms with Crippen molar-refractivity contribution in [2.24, 2.45) is 0 Å². The average Bonchev–Trinajstić information content (AvgIpc) is 3.30. The smallest absolute Gasteiger partial charge is 0.227 e. The number of nitrogens with one attached hydrogen (secondary N) is 1. The van der Waals surface area contributed by atoms with E-state index in [1.807, 2.05) is 15.9 Å². The predicted molar refractivity (Wildman–Crippen MR) is 103 cm³/mol. The molecule has 0 amide bonds. The molecule has 1 aliphatic heterocycles. The normalized spacial score (nSPS) is 18.5. The SMILES string of the molecule is c1nc2c3c4c(sc3nc(NCCCN3CCOCC3)n2n1)CCCC4. The molecular formula is C18H24N6OS. The molecule has 0 bridgehead atoms. The molecule has 5 rings (SSSR count). The van der Waals surface area contributed by atoms with Crippen LogP contribution in [0.3, 0.4) is 0 Å². The van der Waals surface area contributed by atoms with Crippen molar-refractivity contribution in [3.8, 4) is 0 Å². The maximum absolute atomic E-state index is 5.41. The minimum absolute atomic E-state index is 0.811. The summed E-state index contributed by atoms with van der Waals surface area (Å²) in [6.07, 6.45) is 7.60. The Bertz CT molecular complexity index is 913. The third-order valence-corrected chi connectivity index (χ3v) is 6.56. The molecule has 1 aliphatic carbocycles. The van der Waals surface area contributed by atoms with Gasteiger partial charge in [0.25, 0.3) is 0 Å². The maximum Gasteiger partial charge on any atom is 0.227 e. The zero-order valence-electron chi connectivity index (χ0n) is 14.9. The second kappa shape index (κ2) is 7.09. The molecule has 0 saturated carbocycles. The fraction of sp³-hybridized carbons (Fsp3) is 0.611. The van der Waals surface area contributed by atoms with Crippen LogP contribution in [0.1, 0.15) is 29.7 Å². The quantitative estimate of drug-likeness (QED) is 0.694. The van der Waals surface area contributed by atoms with Gasteiger partial charge in [0.05, 0.1) is 18.6 Å². The van der Waals surface area contributed by atoms with E-state index in [2.05, 4.69) is 20.3 Å². The Hall–Kier alpha value is -1.77. The van der Waals surface area contributed by atoms with E-state index in [1.165, 1.54) is 35.1 Å². The van der Waals surface area contributed by atoms with Crippen molar-refractivity contribution in [3.63, 3.8) is 0 Å². The molecule has 0 atom stereocenters. The van der Waals surface area contributed by atoms with Gasteiger partial charge in [0.15, 0.2) is 5.65 Å². The highest BCUT2D eigenvalue weighted by Gasteiger charge is 2.21. The molecule has 1 N–H and O–H groups in total. The fourth-order valence-electron chi connectivity index (χ4n) is 4.01. The van der Waals surface area contributed by atoms with E-state index in [4.69, 9.17) is 9.72 Å². The Morgan fingerprint density at radius 1 is 1.19 bits per heavy atom. The molecule has 1 fully saturated rings. The number of thiophene rings is 1. The number of hydrogen-bond donors (Lipinski definition) is 1. The molecule has 3 aromatic heterocycles. The number of rotatable bonds is 5. The van der Waals surface area contributed by atoms with Crippen molar-refractivity contribution in [1.82, 2.24) is 24.5 Å². The summed E-state index contributed by atoms with van der Waals surface area (Å²) >= 11 is 1.84.